The van der Waals surface area contributed by atoms with Crippen LogP contribution in [-0.4, -0.2) is 28.3 Å². The van der Waals surface area contributed by atoms with Gasteiger partial charge in [-0.3, -0.25) is 0 Å². The maximum absolute atomic E-state index is 11.5. The van der Waals surface area contributed by atoms with Crippen molar-refractivity contribution < 1.29 is 20.5 Å². The average molecular weight is 431 g/mol. The minimum Gasteiger partial charge on any atom is -0.198 e. The third kappa shape index (κ3) is 30.8. The molecule has 0 bridgehead atoms. The summed E-state index contributed by atoms with van der Waals surface area (Å²) in [5, 5.41) is 0. The number of rotatable bonds is 14. The van der Waals surface area contributed by atoms with E-state index in [1.807, 2.05) is 13.8 Å². The molecule has 0 saturated heterocycles. The van der Waals surface area contributed by atoms with Crippen molar-refractivity contribution >= 4 is 20.2 Å². The molecule has 0 heterocycles. The lowest BCUT2D eigenvalue weighted by molar-refractivity contribution is 0.457. The molecule has 0 radical (unpaired) electrons. The zero-order valence-corrected chi connectivity index (χ0v) is 20.4. The van der Waals surface area contributed by atoms with E-state index < -0.39 is 20.2 Å². The summed E-state index contributed by atoms with van der Waals surface area (Å²) in [6.07, 6.45) is 11.6. The van der Waals surface area contributed by atoms with E-state index in [0.29, 0.717) is 12.8 Å². The Kier molecular flexibility index (Phi) is 25.9. The molecule has 0 spiro atoms. The Morgan fingerprint density at radius 1 is 0.444 bits per heavy atom. The van der Waals surface area contributed by atoms with Crippen LogP contribution in [0.1, 0.15) is 119 Å². The molecule has 0 aliphatic carbocycles. The van der Waals surface area contributed by atoms with Gasteiger partial charge in [-0.15, -0.1) is 3.63 Å². The summed E-state index contributed by atoms with van der Waals surface area (Å²) in [5.74, 6) is -0.442. The van der Waals surface area contributed by atoms with Crippen LogP contribution < -0.4 is 0 Å². The fraction of sp³-hybridized carbons (Fsp3) is 1.00. The minimum absolute atomic E-state index is 0.221. The van der Waals surface area contributed by atoms with Crippen LogP contribution in [0.25, 0.3) is 0 Å². The molecule has 0 aromatic rings. The van der Waals surface area contributed by atoms with E-state index in [2.05, 4.69) is 31.3 Å². The summed E-state index contributed by atoms with van der Waals surface area (Å²) < 4.78 is 50.3. The highest BCUT2D eigenvalue weighted by Crippen LogP contribution is 2.10. The van der Waals surface area contributed by atoms with Crippen LogP contribution in [0.2, 0.25) is 0 Å². The second-order valence-electron chi connectivity index (χ2n) is 6.71. The van der Waals surface area contributed by atoms with Crippen LogP contribution in [0.3, 0.4) is 0 Å². The van der Waals surface area contributed by atoms with E-state index in [0.717, 1.165) is 38.5 Å². The van der Waals surface area contributed by atoms with Crippen molar-refractivity contribution in [2.45, 2.75) is 119 Å². The predicted molar refractivity (Wildman–Crippen MR) is 118 cm³/mol. The van der Waals surface area contributed by atoms with Crippen molar-refractivity contribution in [3.05, 3.63) is 0 Å². The molecule has 0 fully saturated rings. The van der Waals surface area contributed by atoms with Gasteiger partial charge in [0.1, 0.15) is 0 Å². The van der Waals surface area contributed by atoms with Gasteiger partial charge in [0.05, 0.1) is 11.5 Å². The zero-order chi connectivity index (χ0) is 21.6. The normalized spacial score (nSPS) is 11.2. The SMILES string of the molecule is CCCC.CCCC.CCCCCCS(=O)(=O)OS(=O)(=O)CCCCCC. The first kappa shape index (κ1) is 31.6. The van der Waals surface area contributed by atoms with Crippen LogP contribution in [0.15, 0.2) is 0 Å². The van der Waals surface area contributed by atoms with Gasteiger partial charge in [-0.2, -0.15) is 16.8 Å². The number of hydrogen-bond acceptors (Lipinski definition) is 5. The van der Waals surface area contributed by atoms with Gasteiger partial charge < -0.3 is 0 Å². The van der Waals surface area contributed by atoms with E-state index in [-0.39, 0.29) is 11.5 Å². The van der Waals surface area contributed by atoms with Crippen LogP contribution in [-0.2, 0) is 23.9 Å². The van der Waals surface area contributed by atoms with Gasteiger partial charge in [0.25, 0.3) is 20.2 Å². The second-order valence-corrected chi connectivity index (χ2v) is 10.3. The number of hydrogen-bond donors (Lipinski definition) is 0. The van der Waals surface area contributed by atoms with Crippen molar-refractivity contribution in [2.24, 2.45) is 0 Å². The van der Waals surface area contributed by atoms with Crippen molar-refractivity contribution in [1.82, 2.24) is 0 Å². The highest BCUT2D eigenvalue weighted by atomic mass is 32.3. The first-order chi connectivity index (χ1) is 12.7. The molecule has 27 heavy (non-hydrogen) atoms. The van der Waals surface area contributed by atoms with Gasteiger partial charge in [-0.05, 0) is 12.8 Å². The standard InChI is InChI=1S/C12H26O5S2.2C4H10/c1-3-5-7-9-11-18(13,14)17-19(15,16)12-10-8-6-4-2;2*1-3-4-2/h3-12H2,1-2H3;2*3-4H2,1-2H3. The molecular weight excluding hydrogens is 384 g/mol. The molecule has 0 N–H and O–H groups in total. The molecule has 7 heteroatoms. The molecule has 0 aliphatic rings. The first-order valence-electron chi connectivity index (χ1n) is 10.8. The quantitative estimate of drug-likeness (QED) is 0.296. The molecule has 0 aromatic carbocycles. The van der Waals surface area contributed by atoms with Crippen molar-refractivity contribution in [3.8, 4) is 0 Å². The van der Waals surface area contributed by atoms with Crippen LogP contribution in [0.4, 0.5) is 0 Å². The lowest BCUT2D eigenvalue weighted by Gasteiger charge is -2.06. The summed E-state index contributed by atoms with van der Waals surface area (Å²) >= 11 is 0. The smallest absolute Gasteiger partial charge is 0.198 e. The van der Waals surface area contributed by atoms with Gasteiger partial charge in [0.2, 0.25) is 0 Å². The molecule has 5 nitrogen and oxygen atoms in total. The highest BCUT2D eigenvalue weighted by molar-refractivity contribution is 7.99. The molecule has 0 atom stereocenters. The lowest BCUT2D eigenvalue weighted by Crippen LogP contribution is -2.19. The van der Waals surface area contributed by atoms with Gasteiger partial charge >= 0.3 is 0 Å². The third-order valence-electron chi connectivity index (χ3n) is 3.70. The predicted octanol–water partition coefficient (Wildman–Crippen LogP) is 6.44. The van der Waals surface area contributed by atoms with Crippen LogP contribution in [0, 0.1) is 0 Å². The molecular formula is C20H46O5S2. The Bertz CT molecular complexity index is 423. The zero-order valence-electron chi connectivity index (χ0n) is 18.8. The van der Waals surface area contributed by atoms with Crippen molar-refractivity contribution in [3.63, 3.8) is 0 Å². The monoisotopic (exact) mass is 430 g/mol. The summed E-state index contributed by atoms with van der Waals surface area (Å²) in [5.41, 5.74) is 0. The summed E-state index contributed by atoms with van der Waals surface area (Å²) in [4.78, 5) is 0. The van der Waals surface area contributed by atoms with Crippen LogP contribution >= 0.6 is 0 Å². The molecule has 0 saturated carbocycles. The summed E-state index contributed by atoms with van der Waals surface area (Å²) in [7, 11) is -7.90. The molecule has 0 unspecified atom stereocenters. The lowest BCUT2D eigenvalue weighted by atomic mass is 10.2. The van der Waals surface area contributed by atoms with Gasteiger partial charge in [-0.1, -0.05) is 106 Å². The highest BCUT2D eigenvalue weighted by Gasteiger charge is 2.21. The fourth-order valence-electron chi connectivity index (χ4n) is 1.64. The van der Waals surface area contributed by atoms with Crippen molar-refractivity contribution in [2.75, 3.05) is 11.5 Å². The Morgan fingerprint density at radius 3 is 0.963 bits per heavy atom. The van der Waals surface area contributed by atoms with E-state index in [9.17, 15) is 16.8 Å². The van der Waals surface area contributed by atoms with E-state index in [4.69, 9.17) is 0 Å². The Hall–Kier alpha value is -0.140. The largest absolute Gasteiger partial charge is 0.281 e. The van der Waals surface area contributed by atoms with E-state index in [1.54, 1.807) is 0 Å². The minimum atomic E-state index is -3.95. The molecule has 0 amide bonds. The molecule has 0 aliphatic heterocycles. The van der Waals surface area contributed by atoms with Gasteiger partial charge in [0.15, 0.2) is 0 Å². The maximum atomic E-state index is 11.5. The Balaban J connectivity index is -0.000000603. The summed E-state index contributed by atoms with van der Waals surface area (Å²) in [6.45, 7) is 12.8. The average Bonchev–Trinajstić information content (AvgIpc) is 2.62. The topological polar surface area (TPSA) is 77.5 Å². The van der Waals surface area contributed by atoms with Crippen LogP contribution in [0.5, 0.6) is 0 Å². The first-order valence-corrected chi connectivity index (χ1v) is 14.0. The summed E-state index contributed by atoms with van der Waals surface area (Å²) in [6, 6.07) is 0. The fourth-order valence-corrected chi connectivity index (χ4v) is 4.56. The Morgan fingerprint density at radius 2 is 0.741 bits per heavy atom. The second kappa shape index (κ2) is 22.2. The third-order valence-corrected chi connectivity index (χ3v) is 6.94. The Labute approximate surface area is 170 Å². The van der Waals surface area contributed by atoms with E-state index >= 15 is 0 Å². The molecule has 0 aromatic heterocycles. The maximum Gasteiger partial charge on any atom is 0.281 e. The number of unbranched alkanes of at least 4 members (excludes halogenated alkanes) is 8. The van der Waals surface area contributed by atoms with Gasteiger partial charge in [-0.25, -0.2) is 0 Å². The van der Waals surface area contributed by atoms with Crippen molar-refractivity contribution in [1.29, 1.82) is 0 Å². The molecule has 168 valence electrons. The molecule has 0 rings (SSSR count). The van der Waals surface area contributed by atoms with E-state index in [1.165, 1.54) is 25.7 Å². The van der Waals surface area contributed by atoms with Gasteiger partial charge in [0, 0.05) is 0 Å².